The molecule has 12 aromatic carbocycles. The van der Waals surface area contributed by atoms with Gasteiger partial charge in [-0.15, -0.1) is 0 Å². The monoisotopic (exact) mass is 1290 g/mol. The van der Waals surface area contributed by atoms with Crippen molar-refractivity contribution >= 4 is 115 Å². The number of carbonyl (C=O) groups excluding carboxylic acids is 3. The van der Waals surface area contributed by atoms with E-state index in [-0.39, 0.29) is 23.8 Å². The molecule has 0 fully saturated rings. The Balaban J connectivity index is 0.639. The van der Waals surface area contributed by atoms with Gasteiger partial charge in [-0.3, -0.25) is 14.4 Å². The Kier molecular flexibility index (Phi) is 19.5. The van der Waals surface area contributed by atoms with Crippen LogP contribution in [0.3, 0.4) is 0 Å². The van der Waals surface area contributed by atoms with E-state index in [4.69, 9.17) is 28.4 Å². The third kappa shape index (κ3) is 15.6. The number of hydrogen-bond donors (Lipinski definition) is 0. The highest BCUT2D eigenvalue weighted by atomic mass is 16.6. The predicted molar refractivity (Wildman–Crippen MR) is 396 cm³/mol. The maximum absolute atomic E-state index is 13.6. The van der Waals surface area contributed by atoms with Crippen molar-refractivity contribution in [1.82, 2.24) is 0 Å². The molecule has 0 aromatic heterocycles. The molecule has 0 N–H and O–H groups in total. The molecular weight excluding hydrogens is 1190 g/mol. The lowest BCUT2D eigenvalue weighted by molar-refractivity contribution is -0.165. The molecule has 0 aliphatic carbocycles. The minimum atomic E-state index is -0.761. The Bertz CT molecular complexity index is 4490. The van der Waals surface area contributed by atoms with Gasteiger partial charge < -0.3 is 28.4 Å². The van der Waals surface area contributed by atoms with Crippen LogP contribution < -0.4 is 0 Å². The van der Waals surface area contributed by atoms with Gasteiger partial charge in [0.05, 0.1) is 36.6 Å². The number of esters is 3. The zero-order valence-corrected chi connectivity index (χ0v) is 58.9. The maximum Gasteiger partial charge on any atom is 0.306 e. The molecule has 0 saturated heterocycles. The van der Waals surface area contributed by atoms with E-state index in [9.17, 15) is 14.4 Å². The maximum atomic E-state index is 13.6. The standard InChI is InChI=1S/C87H98O9/c1-82(2,94-73(88)28-16-19-57-31-34-66-40-37-60-22-13-25-63-43-46-70(57)79(66)76(60)63)49-52-91-85(7,8)55-69(87(11,12)93-54-51-84(5,6)96-75(90)30-18-21-59-33-36-68-42-39-62-24-15-27-65-45-48-72(59)81(68)78(62)65)56-86(9,10)92-53-50-83(3,4)95-74(89)29-17-20-58-32-35-67-41-38-61-23-14-26-64-44-47-71(58)80(67)77(61)64/h13-15,22-27,31-48,69H,16-21,28-30,49-56H2,1-12H3. The van der Waals surface area contributed by atoms with Crippen LogP contribution in [-0.2, 0) is 62.1 Å². The molecule has 0 bridgehead atoms. The minimum Gasteiger partial charge on any atom is -0.460 e. The van der Waals surface area contributed by atoms with Gasteiger partial charge in [0.25, 0.3) is 0 Å². The van der Waals surface area contributed by atoms with E-state index in [1.54, 1.807) is 0 Å². The Morgan fingerprint density at radius 3 is 0.844 bits per heavy atom. The smallest absolute Gasteiger partial charge is 0.306 e. The summed E-state index contributed by atoms with van der Waals surface area (Å²) in [6, 6.07) is 59.2. The molecule has 0 spiro atoms. The van der Waals surface area contributed by atoms with E-state index >= 15 is 0 Å². The molecule has 0 atom stereocenters. The number of ether oxygens (including phenoxy) is 6. The first-order valence-corrected chi connectivity index (χ1v) is 35.2. The van der Waals surface area contributed by atoms with Gasteiger partial charge in [0.1, 0.15) is 16.8 Å². The van der Waals surface area contributed by atoms with Crippen molar-refractivity contribution in [3.63, 3.8) is 0 Å². The fourth-order valence-electron chi connectivity index (χ4n) is 15.2. The highest BCUT2D eigenvalue weighted by Crippen LogP contribution is 2.42. The number of aryl methyl sites for hydroxylation is 3. The van der Waals surface area contributed by atoms with E-state index in [0.29, 0.717) is 90.4 Å². The summed E-state index contributed by atoms with van der Waals surface area (Å²) in [4.78, 5) is 40.6. The first-order chi connectivity index (χ1) is 45.7. The van der Waals surface area contributed by atoms with Crippen molar-refractivity contribution in [3.8, 4) is 0 Å². The summed E-state index contributed by atoms with van der Waals surface area (Å²) in [5.74, 6) is -0.692. The Morgan fingerprint density at radius 2 is 0.552 bits per heavy atom. The molecule has 9 nitrogen and oxygen atoms in total. The minimum absolute atomic E-state index is 0.0635. The van der Waals surface area contributed by atoms with Gasteiger partial charge in [-0.05, 0) is 254 Å². The van der Waals surface area contributed by atoms with Gasteiger partial charge in [-0.25, -0.2) is 0 Å². The van der Waals surface area contributed by atoms with E-state index in [1.807, 2.05) is 41.5 Å². The van der Waals surface area contributed by atoms with Crippen LogP contribution in [0.25, 0.3) is 97.0 Å². The molecule has 0 radical (unpaired) electrons. The van der Waals surface area contributed by atoms with Gasteiger partial charge in [0.15, 0.2) is 0 Å². The largest absolute Gasteiger partial charge is 0.460 e. The topological polar surface area (TPSA) is 107 Å². The second kappa shape index (κ2) is 27.5. The third-order valence-corrected chi connectivity index (χ3v) is 20.5. The highest BCUT2D eigenvalue weighted by Gasteiger charge is 2.41. The lowest BCUT2D eigenvalue weighted by Crippen LogP contribution is -2.45. The van der Waals surface area contributed by atoms with E-state index in [0.717, 1.165) is 19.3 Å². The summed E-state index contributed by atoms with van der Waals surface area (Å²) in [6.07, 6.45) is 8.17. The van der Waals surface area contributed by atoms with Crippen LogP contribution in [-0.4, -0.2) is 71.3 Å². The molecule has 0 aliphatic heterocycles. The summed E-state index contributed by atoms with van der Waals surface area (Å²) >= 11 is 0. The molecule has 0 unspecified atom stereocenters. The highest BCUT2D eigenvalue weighted by molar-refractivity contribution is 6.25. The fourth-order valence-corrected chi connectivity index (χ4v) is 15.2. The number of benzene rings is 12. The zero-order valence-electron chi connectivity index (χ0n) is 58.9. The van der Waals surface area contributed by atoms with Crippen molar-refractivity contribution in [3.05, 3.63) is 180 Å². The average molecular weight is 1290 g/mol. The van der Waals surface area contributed by atoms with E-state index in [1.165, 1.54) is 114 Å². The molecule has 500 valence electrons. The fraction of sp³-hybridized carbons (Fsp3) is 0.414. The quantitative estimate of drug-likeness (QED) is 0.0231. The second-order valence-electron chi connectivity index (χ2n) is 31.0. The summed E-state index contributed by atoms with van der Waals surface area (Å²) in [5.41, 5.74) is -0.392. The van der Waals surface area contributed by atoms with Crippen LogP contribution in [0.1, 0.15) is 170 Å². The van der Waals surface area contributed by atoms with Crippen LogP contribution in [0.5, 0.6) is 0 Å². The van der Waals surface area contributed by atoms with Gasteiger partial charge in [-0.1, -0.05) is 164 Å². The molecule has 12 aromatic rings. The van der Waals surface area contributed by atoms with Crippen molar-refractivity contribution in [1.29, 1.82) is 0 Å². The van der Waals surface area contributed by atoms with Crippen LogP contribution in [0, 0.1) is 5.92 Å². The van der Waals surface area contributed by atoms with Gasteiger partial charge >= 0.3 is 17.9 Å². The summed E-state index contributed by atoms with van der Waals surface area (Å²) in [7, 11) is 0. The SMILES string of the molecule is CC(C)(CC(CC(C)(C)OCCC(C)(C)OC(=O)CCCc1ccc2ccc3cccc4ccc1c2c34)C(C)(C)OCCC(C)(C)OC(=O)CCCc1ccc2ccc3cccc4ccc1c2c34)OCCC(C)(C)OC(=O)CCCc1ccc2ccc3cccc4ccc1c2c34. The molecule has 0 saturated carbocycles. The van der Waals surface area contributed by atoms with Crippen molar-refractivity contribution in [2.45, 2.75) is 207 Å². The lowest BCUT2D eigenvalue weighted by atomic mass is 9.76. The normalized spacial score (nSPS) is 13.2. The van der Waals surface area contributed by atoms with E-state index < -0.39 is 33.6 Å². The molecule has 9 heteroatoms. The summed E-state index contributed by atoms with van der Waals surface area (Å²) in [5, 5.41) is 22.7. The molecular formula is C87H98O9. The summed E-state index contributed by atoms with van der Waals surface area (Å²) < 4.78 is 39.1. The number of carbonyl (C=O) groups is 3. The lowest BCUT2D eigenvalue weighted by Gasteiger charge is -2.43. The van der Waals surface area contributed by atoms with Crippen LogP contribution in [0.4, 0.5) is 0 Å². The Hall–Kier alpha value is -7.95. The van der Waals surface area contributed by atoms with Gasteiger partial charge in [0, 0.05) is 38.5 Å². The van der Waals surface area contributed by atoms with E-state index in [2.05, 4.69) is 205 Å². The third-order valence-electron chi connectivity index (χ3n) is 20.5. The first-order valence-electron chi connectivity index (χ1n) is 35.2. The van der Waals surface area contributed by atoms with Gasteiger partial charge in [0.2, 0.25) is 0 Å². The zero-order chi connectivity index (χ0) is 67.8. The van der Waals surface area contributed by atoms with Crippen molar-refractivity contribution < 1.29 is 42.8 Å². The van der Waals surface area contributed by atoms with Crippen molar-refractivity contribution in [2.75, 3.05) is 19.8 Å². The summed E-state index contributed by atoms with van der Waals surface area (Å²) in [6.45, 7) is 25.7. The molecule has 0 amide bonds. The second-order valence-corrected chi connectivity index (χ2v) is 31.0. The van der Waals surface area contributed by atoms with Gasteiger partial charge in [-0.2, -0.15) is 0 Å². The average Bonchev–Trinajstić information content (AvgIpc) is 0.756. The predicted octanol–water partition coefficient (Wildman–Crippen LogP) is 21.7. The van der Waals surface area contributed by atoms with Crippen LogP contribution >= 0.6 is 0 Å². The Labute approximate surface area is 567 Å². The van der Waals surface area contributed by atoms with Crippen molar-refractivity contribution in [2.24, 2.45) is 5.92 Å². The van der Waals surface area contributed by atoms with Crippen LogP contribution in [0.15, 0.2) is 164 Å². The van der Waals surface area contributed by atoms with Crippen LogP contribution in [0.2, 0.25) is 0 Å². The molecule has 0 aliphatic rings. The molecule has 0 heterocycles. The molecule has 96 heavy (non-hydrogen) atoms. The molecule has 12 rings (SSSR count). The number of hydrogen-bond acceptors (Lipinski definition) is 9. The Morgan fingerprint density at radius 1 is 0.302 bits per heavy atom. The number of rotatable bonds is 32. The first kappa shape index (κ1) is 68.0.